The quantitative estimate of drug-likeness (QED) is 0.600. The number of carbonyl (C=O) groups is 2. The molecule has 1 fully saturated rings. The van der Waals surface area contributed by atoms with Gasteiger partial charge in [0.2, 0.25) is 5.91 Å². The zero-order chi connectivity index (χ0) is 17.2. The molecule has 1 aromatic rings. The van der Waals surface area contributed by atoms with E-state index in [9.17, 15) is 9.59 Å². The van der Waals surface area contributed by atoms with Gasteiger partial charge < -0.3 is 10.1 Å². The van der Waals surface area contributed by atoms with Gasteiger partial charge >= 0.3 is 5.97 Å². The maximum absolute atomic E-state index is 12.2. The van der Waals surface area contributed by atoms with Gasteiger partial charge in [-0.1, -0.05) is 29.8 Å². The van der Waals surface area contributed by atoms with Gasteiger partial charge in [-0.2, -0.15) is 0 Å². The predicted molar refractivity (Wildman–Crippen MR) is 90.7 cm³/mol. The highest BCUT2D eigenvalue weighted by molar-refractivity contribution is 6.52. The smallest absolute Gasteiger partial charge is 0.308 e. The third-order valence-electron chi connectivity index (χ3n) is 3.48. The largest absolute Gasteiger partial charge is 0.463 e. The number of esters is 1. The molecular formula is C16H18Cl3NO3. The highest BCUT2D eigenvalue weighted by Crippen LogP contribution is 2.53. The van der Waals surface area contributed by atoms with Gasteiger partial charge in [-0.25, -0.2) is 0 Å². The van der Waals surface area contributed by atoms with Gasteiger partial charge in [-0.3, -0.25) is 9.59 Å². The maximum atomic E-state index is 12.2. The molecule has 1 saturated carbocycles. The van der Waals surface area contributed by atoms with E-state index in [0.717, 1.165) is 0 Å². The summed E-state index contributed by atoms with van der Waals surface area (Å²) in [5.74, 6) is -1.18. The second-order valence-corrected chi connectivity index (χ2v) is 7.79. The summed E-state index contributed by atoms with van der Waals surface area (Å²) in [5.41, 5.74) is 0.651. The molecule has 0 saturated heterocycles. The number of amides is 1. The fourth-order valence-electron chi connectivity index (χ4n) is 2.24. The van der Waals surface area contributed by atoms with E-state index in [1.165, 1.54) is 0 Å². The molecule has 7 heteroatoms. The zero-order valence-corrected chi connectivity index (χ0v) is 15.1. The lowest BCUT2D eigenvalue weighted by molar-refractivity contribution is -0.148. The first-order valence-electron chi connectivity index (χ1n) is 7.33. The molecule has 0 bridgehead atoms. The lowest BCUT2D eigenvalue weighted by atomic mass is 10.0. The summed E-state index contributed by atoms with van der Waals surface area (Å²) in [7, 11) is 0. The maximum Gasteiger partial charge on any atom is 0.308 e. The molecule has 0 heterocycles. The van der Waals surface area contributed by atoms with Crippen LogP contribution < -0.4 is 5.32 Å². The SMILES string of the molecule is CC(C)OC(=O)CC(NC(=O)C1CC1(Cl)Cl)c1ccccc1Cl. The fourth-order valence-corrected chi connectivity index (χ4v) is 3.02. The monoisotopic (exact) mass is 377 g/mol. The lowest BCUT2D eigenvalue weighted by Gasteiger charge is -2.20. The number of benzene rings is 1. The minimum absolute atomic E-state index is 0.0159. The molecule has 0 spiro atoms. The van der Waals surface area contributed by atoms with Gasteiger partial charge in [0.05, 0.1) is 24.5 Å². The Morgan fingerprint density at radius 2 is 1.96 bits per heavy atom. The van der Waals surface area contributed by atoms with E-state index < -0.39 is 22.3 Å². The van der Waals surface area contributed by atoms with Crippen molar-refractivity contribution >= 4 is 46.7 Å². The topological polar surface area (TPSA) is 55.4 Å². The second kappa shape index (κ2) is 7.29. The number of nitrogens with one attached hydrogen (secondary N) is 1. The van der Waals surface area contributed by atoms with Gasteiger partial charge in [-0.15, -0.1) is 23.2 Å². The van der Waals surface area contributed by atoms with Crippen molar-refractivity contribution in [1.82, 2.24) is 5.32 Å². The molecule has 0 aliphatic heterocycles. The molecular weight excluding hydrogens is 361 g/mol. The van der Waals surface area contributed by atoms with Crippen LogP contribution in [0.4, 0.5) is 0 Å². The molecule has 1 aliphatic carbocycles. The van der Waals surface area contributed by atoms with Crippen molar-refractivity contribution in [2.75, 3.05) is 0 Å². The first-order chi connectivity index (χ1) is 10.7. The average molecular weight is 379 g/mol. The molecule has 1 N–H and O–H groups in total. The van der Waals surface area contributed by atoms with E-state index in [0.29, 0.717) is 17.0 Å². The Labute approximate surface area is 150 Å². The first-order valence-corrected chi connectivity index (χ1v) is 8.46. The summed E-state index contributed by atoms with van der Waals surface area (Å²) in [6.45, 7) is 3.53. The molecule has 1 aromatic carbocycles. The van der Waals surface area contributed by atoms with Crippen molar-refractivity contribution in [3.63, 3.8) is 0 Å². The van der Waals surface area contributed by atoms with Crippen LogP contribution in [0, 0.1) is 5.92 Å². The summed E-state index contributed by atoms with van der Waals surface area (Å²) in [5, 5.41) is 3.27. The second-order valence-electron chi connectivity index (χ2n) is 5.84. The van der Waals surface area contributed by atoms with Crippen LogP contribution >= 0.6 is 34.8 Å². The first kappa shape index (κ1) is 18.4. The van der Waals surface area contributed by atoms with Gasteiger partial charge in [-0.05, 0) is 31.9 Å². The van der Waals surface area contributed by atoms with E-state index in [1.54, 1.807) is 38.1 Å². The fraction of sp³-hybridized carbons (Fsp3) is 0.500. The Morgan fingerprint density at radius 3 is 2.48 bits per heavy atom. The van der Waals surface area contributed by atoms with Crippen molar-refractivity contribution in [2.45, 2.75) is 43.2 Å². The molecule has 2 atom stereocenters. The third kappa shape index (κ3) is 5.00. The number of halogens is 3. The lowest BCUT2D eigenvalue weighted by Crippen LogP contribution is -2.33. The molecule has 126 valence electrons. The Kier molecular flexibility index (Phi) is 5.82. The van der Waals surface area contributed by atoms with E-state index in [1.807, 2.05) is 0 Å². The predicted octanol–water partition coefficient (Wildman–Crippen LogP) is 4.03. The van der Waals surface area contributed by atoms with Gasteiger partial charge in [0.1, 0.15) is 4.33 Å². The summed E-state index contributed by atoms with van der Waals surface area (Å²) in [4.78, 5) is 24.2. The van der Waals surface area contributed by atoms with E-state index >= 15 is 0 Å². The minimum atomic E-state index is -1.02. The Bertz CT molecular complexity index is 604. The van der Waals surface area contributed by atoms with E-state index in [4.69, 9.17) is 39.5 Å². The van der Waals surface area contributed by atoms with Crippen molar-refractivity contribution in [3.8, 4) is 0 Å². The molecule has 2 unspecified atom stereocenters. The standard InChI is InChI=1S/C16H18Cl3NO3/c1-9(2)23-14(21)7-13(10-5-3-4-6-12(10)17)20-15(22)11-8-16(11,18)19/h3-6,9,11,13H,7-8H2,1-2H3,(H,20,22). The van der Waals surface area contributed by atoms with Crippen LogP contribution in [-0.4, -0.2) is 22.3 Å². The Morgan fingerprint density at radius 1 is 1.35 bits per heavy atom. The summed E-state index contributed by atoms with van der Waals surface area (Å²) in [6.07, 6.45) is 0.151. The van der Waals surface area contributed by atoms with Crippen LogP contribution in [0.15, 0.2) is 24.3 Å². The third-order valence-corrected chi connectivity index (χ3v) is 4.66. The zero-order valence-electron chi connectivity index (χ0n) is 12.8. The van der Waals surface area contributed by atoms with Gasteiger partial charge in [0.25, 0.3) is 0 Å². The normalized spacial score (nSPS) is 20.0. The van der Waals surface area contributed by atoms with Crippen LogP contribution in [0.25, 0.3) is 0 Å². The number of ether oxygens (including phenoxy) is 1. The number of rotatable bonds is 6. The number of alkyl halides is 2. The molecule has 2 rings (SSSR count). The number of carbonyl (C=O) groups excluding carboxylic acids is 2. The summed E-state index contributed by atoms with van der Waals surface area (Å²) < 4.78 is 4.13. The Balaban J connectivity index is 2.13. The highest BCUT2D eigenvalue weighted by atomic mass is 35.5. The van der Waals surface area contributed by atoms with Crippen LogP contribution in [0.1, 0.15) is 38.3 Å². The van der Waals surface area contributed by atoms with Crippen LogP contribution in [-0.2, 0) is 14.3 Å². The van der Waals surface area contributed by atoms with Crippen molar-refractivity contribution in [3.05, 3.63) is 34.9 Å². The Hall–Kier alpha value is -0.970. The van der Waals surface area contributed by atoms with Gasteiger partial charge in [0, 0.05) is 5.02 Å². The highest BCUT2D eigenvalue weighted by Gasteiger charge is 2.56. The van der Waals surface area contributed by atoms with E-state index in [2.05, 4.69) is 5.32 Å². The average Bonchev–Trinajstić information content (AvgIpc) is 3.07. The van der Waals surface area contributed by atoms with E-state index in [-0.39, 0.29) is 18.4 Å². The molecule has 4 nitrogen and oxygen atoms in total. The molecule has 23 heavy (non-hydrogen) atoms. The van der Waals surface area contributed by atoms with Crippen molar-refractivity contribution in [2.24, 2.45) is 5.92 Å². The van der Waals surface area contributed by atoms with Crippen LogP contribution in [0.5, 0.6) is 0 Å². The minimum Gasteiger partial charge on any atom is -0.463 e. The molecule has 0 aromatic heterocycles. The molecule has 1 amide bonds. The molecule has 1 aliphatic rings. The van der Waals surface area contributed by atoms with Crippen LogP contribution in [0.3, 0.4) is 0 Å². The summed E-state index contributed by atoms with van der Waals surface area (Å²) in [6, 6.07) is 6.44. The van der Waals surface area contributed by atoms with Crippen molar-refractivity contribution in [1.29, 1.82) is 0 Å². The summed E-state index contributed by atoms with van der Waals surface area (Å²) >= 11 is 18.0. The number of hydrogen-bond donors (Lipinski definition) is 1. The molecule has 0 radical (unpaired) electrons. The van der Waals surface area contributed by atoms with Crippen molar-refractivity contribution < 1.29 is 14.3 Å². The van der Waals surface area contributed by atoms with Crippen LogP contribution in [0.2, 0.25) is 5.02 Å². The number of hydrogen-bond acceptors (Lipinski definition) is 3. The van der Waals surface area contributed by atoms with Gasteiger partial charge in [0.15, 0.2) is 0 Å².